The van der Waals surface area contributed by atoms with Crippen molar-refractivity contribution in [2.24, 2.45) is 16.8 Å². The third kappa shape index (κ3) is 4.88. The van der Waals surface area contributed by atoms with Gasteiger partial charge in [0.15, 0.2) is 0 Å². The summed E-state index contributed by atoms with van der Waals surface area (Å²) in [6, 6.07) is 9.65. The number of carbonyl (C=O) groups excluding carboxylic acids is 2. The Kier molecular flexibility index (Phi) is 7.15. The summed E-state index contributed by atoms with van der Waals surface area (Å²) in [6.07, 6.45) is 1.53. The first kappa shape index (κ1) is 21.4. The number of rotatable bonds is 7. The van der Waals surface area contributed by atoms with Crippen molar-refractivity contribution in [3.05, 3.63) is 42.0 Å². The van der Waals surface area contributed by atoms with E-state index in [0.29, 0.717) is 5.56 Å². The predicted octanol–water partition coefficient (Wildman–Crippen LogP) is 3.30. The fourth-order valence-corrected chi connectivity index (χ4v) is 2.98. The number of benzene rings is 2. The van der Waals surface area contributed by atoms with Crippen LogP contribution in [0.3, 0.4) is 0 Å². The molecule has 6 nitrogen and oxygen atoms in total. The number of nitrogens with one attached hydrogen (secondary N) is 1. The maximum Gasteiger partial charge on any atom is 0.328 e. The summed E-state index contributed by atoms with van der Waals surface area (Å²) in [5.41, 5.74) is 0.560. The molecule has 0 aliphatic heterocycles. The van der Waals surface area contributed by atoms with Gasteiger partial charge in [-0.15, -0.1) is 0 Å². The molecular weight excluding hydrogens is 356 g/mol. The first-order valence-corrected chi connectivity index (χ1v) is 9.38. The Labute approximate surface area is 165 Å². The third-order valence-electron chi connectivity index (χ3n) is 4.63. The third-order valence-corrected chi connectivity index (χ3v) is 4.63. The summed E-state index contributed by atoms with van der Waals surface area (Å²) in [7, 11) is 1.30. The molecule has 2 aromatic carbocycles. The predicted molar refractivity (Wildman–Crippen MR) is 111 cm³/mol. The Morgan fingerprint density at radius 3 is 2.36 bits per heavy atom. The van der Waals surface area contributed by atoms with Gasteiger partial charge < -0.3 is 15.2 Å². The average Bonchev–Trinajstić information content (AvgIpc) is 2.66. The van der Waals surface area contributed by atoms with Crippen LogP contribution in [-0.2, 0) is 14.3 Å². The zero-order chi connectivity index (χ0) is 20.8. The van der Waals surface area contributed by atoms with Crippen molar-refractivity contribution >= 4 is 28.9 Å². The second-order valence-corrected chi connectivity index (χ2v) is 7.44. The Balaban J connectivity index is 2.32. The van der Waals surface area contributed by atoms with Crippen LogP contribution in [0.15, 0.2) is 41.4 Å². The number of amides is 1. The van der Waals surface area contributed by atoms with Gasteiger partial charge in [-0.05, 0) is 28.7 Å². The van der Waals surface area contributed by atoms with E-state index >= 15 is 0 Å². The molecule has 0 radical (unpaired) electrons. The zero-order valence-electron chi connectivity index (χ0n) is 17.0. The molecule has 0 saturated heterocycles. The van der Waals surface area contributed by atoms with Gasteiger partial charge in [0.25, 0.3) is 0 Å². The van der Waals surface area contributed by atoms with E-state index in [1.54, 1.807) is 6.07 Å². The second-order valence-electron chi connectivity index (χ2n) is 7.44. The number of nitrogens with zero attached hydrogens (tertiary/aromatic N) is 1. The van der Waals surface area contributed by atoms with Crippen molar-refractivity contribution in [3.63, 3.8) is 0 Å². The average molecular weight is 384 g/mol. The molecule has 0 spiro atoms. The van der Waals surface area contributed by atoms with Gasteiger partial charge in [0.2, 0.25) is 5.91 Å². The van der Waals surface area contributed by atoms with Crippen LogP contribution in [0.5, 0.6) is 5.75 Å². The van der Waals surface area contributed by atoms with Crippen molar-refractivity contribution in [1.29, 1.82) is 0 Å². The summed E-state index contributed by atoms with van der Waals surface area (Å²) < 4.78 is 4.78. The quantitative estimate of drug-likeness (QED) is 0.566. The van der Waals surface area contributed by atoms with Gasteiger partial charge in [-0.2, -0.15) is 0 Å². The number of hydrogen-bond acceptors (Lipinski definition) is 5. The van der Waals surface area contributed by atoms with Crippen molar-refractivity contribution in [2.45, 2.75) is 39.8 Å². The molecule has 0 heterocycles. The standard InChI is InChI=1S/C22H28N2O4/c1-13(2)19(21(26)24-20(14(3)4)22(27)28-5)23-12-17-16-9-7-6-8-15(16)10-11-18(17)25/h6-14,19-20,25H,1-5H3,(H,24,26)/t19-,20-/m0/s1. The molecule has 2 N–H and O–H groups in total. The van der Waals surface area contributed by atoms with Crippen molar-refractivity contribution < 1.29 is 19.4 Å². The number of methoxy groups -OCH3 is 1. The first-order valence-electron chi connectivity index (χ1n) is 9.38. The second kappa shape index (κ2) is 9.35. The Bertz CT molecular complexity index is 874. The van der Waals surface area contributed by atoms with E-state index in [2.05, 4.69) is 10.3 Å². The highest BCUT2D eigenvalue weighted by Gasteiger charge is 2.29. The Hall–Kier alpha value is -2.89. The molecule has 2 rings (SSSR count). The van der Waals surface area contributed by atoms with Gasteiger partial charge >= 0.3 is 5.97 Å². The molecule has 0 aliphatic carbocycles. The summed E-state index contributed by atoms with van der Waals surface area (Å²) in [5, 5.41) is 14.8. The van der Waals surface area contributed by atoms with E-state index in [4.69, 9.17) is 4.74 Å². The molecule has 0 unspecified atom stereocenters. The molecular formula is C22H28N2O4. The van der Waals surface area contributed by atoms with E-state index in [1.165, 1.54) is 13.3 Å². The smallest absolute Gasteiger partial charge is 0.328 e. The number of phenolic OH excluding ortho intramolecular Hbond substituents is 1. The molecule has 0 aliphatic rings. The SMILES string of the molecule is COC(=O)[C@@H](NC(=O)[C@@H](N=Cc1c(O)ccc2ccccc12)C(C)C)C(C)C. The van der Waals surface area contributed by atoms with Crippen LogP contribution in [0.1, 0.15) is 33.3 Å². The maximum absolute atomic E-state index is 12.8. The molecule has 28 heavy (non-hydrogen) atoms. The molecule has 0 fully saturated rings. The summed E-state index contributed by atoms with van der Waals surface area (Å²) in [5.74, 6) is -0.953. The lowest BCUT2D eigenvalue weighted by Crippen LogP contribution is -2.49. The molecule has 0 aromatic heterocycles. The first-order chi connectivity index (χ1) is 13.3. The number of fused-ring (bicyclic) bond motifs is 1. The topological polar surface area (TPSA) is 88.0 Å². The van der Waals surface area contributed by atoms with Crippen molar-refractivity contribution in [3.8, 4) is 5.75 Å². The van der Waals surface area contributed by atoms with E-state index in [9.17, 15) is 14.7 Å². The van der Waals surface area contributed by atoms with Crippen LogP contribution in [-0.4, -0.2) is 42.4 Å². The number of aliphatic imine (C=N–C) groups is 1. The monoisotopic (exact) mass is 384 g/mol. The maximum atomic E-state index is 12.8. The van der Waals surface area contributed by atoms with Gasteiger partial charge in [0.05, 0.1) is 7.11 Å². The minimum atomic E-state index is -0.736. The highest BCUT2D eigenvalue weighted by atomic mass is 16.5. The van der Waals surface area contributed by atoms with Crippen LogP contribution in [0.2, 0.25) is 0 Å². The van der Waals surface area contributed by atoms with Gasteiger partial charge in [-0.3, -0.25) is 9.79 Å². The van der Waals surface area contributed by atoms with Crippen molar-refractivity contribution in [1.82, 2.24) is 5.32 Å². The number of esters is 1. The van der Waals surface area contributed by atoms with E-state index in [0.717, 1.165) is 10.8 Å². The Morgan fingerprint density at radius 2 is 1.75 bits per heavy atom. The summed E-state index contributed by atoms with van der Waals surface area (Å²) >= 11 is 0. The molecule has 2 aromatic rings. The Morgan fingerprint density at radius 1 is 1.07 bits per heavy atom. The molecule has 1 amide bonds. The minimum Gasteiger partial charge on any atom is -0.507 e. The van der Waals surface area contributed by atoms with E-state index in [1.807, 2.05) is 58.0 Å². The van der Waals surface area contributed by atoms with Crippen LogP contribution in [0.25, 0.3) is 10.8 Å². The number of aromatic hydroxyl groups is 1. The molecule has 0 saturated carbocycles. The molecule has 150 valence electrons. The van der Waals surface area contributed by atoms with E-state index < -0.39 is 18.1 Å². The van der Waals surface area contributed by atoms with Gasteiger partial charge in [-0.25, -0.2) is 4.79 Å². The van der Waals surface area contributed by atoms with Crippen molar-refractivity contribution in [2.75, 3.05) is 7.11 Å². The molecule has 2 atom stereocenters. The van der Waals surface area contributed by atoms with E-state index in [-0.39, 0.29) is 23.5 Å². The fourth-order valence-electron chi connectivity index (χ4n) is 2.98. The number of carbonyl (C=O) groups is 2. The molecule has 0 bridgehead atoms. The minimum absolute atomic E-state index is 0.0972. The van der Waals surface area contributed by atoms with Crippen LogP contribution in [0.4, 0.5) is 0 Å². The highest BCUT2D eigenvalue weighted by Crippen LogP contribution is 2.25. The van der Waals surface area contributed by atoms with Gasteiger partial charge in [-0.1, -0.05) is 58.0 Å². The largest absolute Gasteiger partial charge is 0.507 e. The lowest BCUT2D eigenvalue weighted by atomic mass is 10.00. The van der Waals surface area contributed by atoms with Crippen LogP contribution in [0, 0.1) is 11.8 Å². The highest BCUT2D eigenvalue weighted by molar-refractivity contribution is 6.03. The lowest BCUT2D eigenvalue weighted by Gasteiger charge is -2.23. The summed E-state index contributed by atoms with van der Waals surface area (Å²) in [6.45, 7) is 7.44. The normalized spacial score (nSPS) is 13.8. The van der Waals surface area contributed by atoms with Crippen LogP contribution >= 0.6 is 0 Å². The number of ether oxygens (including phenoxy) is 1. The molecule has 6 heteroatoms. The lowest BCUT2D eigenvalue weighted by molar-refractivity contribution is -0.146. The number of hydrogen-bond donors (Lipinski definition) is 2. The fraction of sp³-hybridized carbons (Fsp3) is 0.409. The number of phenols is 1. The van der Waals surface area contributed by atoms with Crippen LogP contribution < -0.4 is 5.32 Å². The zero-order valence-corrected chi connectivity index (χ0v) is 17.0. The van der Waals surface area contributed by atoms with Gasteiger partial charge in [0, 0.05) is 11.8 Å². The van der Waals surface area contributed by atoms with Gasteiger partial charge in [0.1, 0.15) is 17.8 Å². The summed E-state index contributed by atoms with van der Waals surface area (Å²) in [4.78, 5) is 29.2.